The van der Waals surface area contributed by atoms with Gasteiger partial charge in [0, 0.05) is 17.2 Å². The van der Waals surface area contributed by atoms with E-state index in [1.807, 2.05) is 0 Å². The van der Waals surface area contributed by atoms with Crippen LogP contribution in [0.15, 0.2) is 12.1 Å². The fraction of sp³-hybridized carbons (Fsp3) is 0.125. The van der Waals surface area contributed by atoms with E-state index in [1.54, 1.807) is 13.2 Å². The third-order valence-electron chi connectivity index (χ3n) is 1.47. The van der Waals surface area contributed by atoms with Gasteiger partial charge in [0.1, 0.15) is 11.5 Å². The van der Waals surface area contributed by atoms with Crippen LogP contribution < -0.4 is 0 Å². The summed E-state index contributed by atoms with van der Waals surface area (Å²) in [5.74, 6) is -0.227. The molecule has 3 heteroatoms. The van der Waals surface area contributed by atoms with Crippen LogP contribution >= 0.6 is 0 Å². The second kappa shape index (κ2) is 2.62. The average Bonchev–Trinajstić information content (AvgIpc) is 1.96. The Morgan fingerprint density at radius 2 is 2.00 bits per heavy atom. The van der Waals surface area contributed by atoms with Crippen molar-refractivity contribution in [3.05, 3.63) is 23.3 Å². The Morgan fingerprint density at radius 3 is 2.55 bits per heavy atom. The van der Waals surface area contributed by atoms with E-state index in [0.717, 1.165) is 0 Å². The summed E-state index contributed by atoms with van der Waals surface area (Å²) in [6, 6.07) is 2.43. The van der Waals surface area contributed by atoms with E-state index in [4.69, 9.17) is 10.2 Å². The van der Waals surface area contributed by atoms with E-state index in [0.29, 0.717) is 5.56 Å². The second-order valence-electron chi connectivity index (χ2n) is 2.24. The first-order valence-electron chi connectivity index (χ1n) is 3.06. The molecule has 0 atom stereocenters. The molecule has 1 rings (SSSR count). The number of rotatable bonds is 1. The number of phenols is 2. The zero-order valence-electron chi connectivity index (χ0n) is 5.96. The lowest BCUT2D eigenvalue weighted by atomic mass is 10.1. The van der Waals surface area contributed by atoms with Gasteiger partial charge < -0.3 is 10.2 Å². The summed E-state index contributed by atoms with van der Waals surface area (Å²) < 4.78 is 0. The summed E-state index contributed by atoms with van der Waals surface area (Å²) in [5.41, 5.74) is 0.611. The van der Waals surface area contributed by atoms with Crippen LogP contribution in [0.25, 0.3) is 0 Å². The highest BCUT2D eigenvalue weighted by Crippen LogP contribution is 2.24. The lowest BCUT2D eigenvalue weighted by Gasteiger charge is -2.00. The van der Waals surface area contributed by atoms with Gasteiger partial charge in [-0.2, -0.15) is 0 Å². The Morgan fingerprint density at radius 1 is 1.36 bits per heavy atom. The molecule has 57 valence electrons. The summed E-state index contributed by atoms with van der Waals surface area (Å²) in [5, 5.41) is 18.0. The molecule has 0 aliphatic heterocycles. The molecule has 0 spiro atoms. The summed E-state index contributed by atoms with van der Waals surface area (Å²) in [4.78, 5) is 10.2. The Hall–Kier alpha value is -1.51. The Kier molecular flexibility index (Phi) is 1.81. The number of hydrogen-bond donors (Lipinski definition) is 2. The van der Waals surface area contributed by atoms with Crippen LogP contribution in [0.5, 0.6) is 11.5 Å². The van der Waals surface area contributed by atoms with Gasteiger partial charge in [-0.15, -0.1) is 0 Å². The first-order valence-corrected chi connectivity index (χ1v) is 3.06. The van der Waals surface area contributed by atoms with Gasteiger partial charge in [0.25, 0.3) is 0 Å². The van der Waals surface area contributed by atoms with E-state index < -0.39 is 0 Å². The Labute approximate surface area is 63.9 Å². The predicted octanol–water partition coefficient (Wildman–Crippen LogP) is 0.864. The van der Waals surface area contributed by atoms with Gasteiger partial charge in [0.05, 0.1) is 0 Å². The molecule has 0 aliphatic carbocycles. The molecule has 1 aromatic rings. The molecule has 1 aromatic carbocycles. The second-order valence-corrected chi connectivity index (χ2v) is 2.24. The molecule has 2 N–H and O–H groups in total. The van der Waals surface area contributed by atoms with Gasteiger partial charge in [0.15, 0.2) is 0 Å². The lowest BCUT2D eigenvalue weighted by Crippen LogP contribution is -1.86. The number of hydrogen-bond acceptors (Lipinski definition) is 3. The van der Waals surface area contributed by atoms with Crippen molar-refractivity contribution in [1.29, 1.82) is 0 Å². The van der Waals surface area contributed by atoms with Gasteiger partial charge in [-0.05, 0) is 13.0 Å². The van der Waals surface area contributed by atoms with E-state index >= 15 is 0 Å². The maximum atomic E-state index is 10.2. The van der Waals surface area contributed by atoms with E-state index in [9.17, 15) is 4.79 Å². The van der Waals surface area contributed by atoms with Gasteiger partial charge >= 0.3 is 0 Å². The largest absolute Gasteiger partial charge is 0.508 e. The van der Waals surface area contributed by atoms with Crippen molar-refractivity contribution >= 4 is 6.29 Å². The minimum atomic E-state index is -0.133. The predicted molar refractivity (Wildman–Crippen MR) is 39.3 cm³/mol. The molecule has 0 saturated heterocycles. The molecular weight excluding hydrogens is 144 g/mol. The average molecular weight is 151 g/mol. The summed E-state index contributed by atoms with van der Waals surface area (Å²) in [7, 11) is 0. The summed E-state index contributed by atoms with van der Waals surface area (Å²) >= 11 is 0. The highest BCUT2D eigenvalue weighted by molar-refractivity contribution is 5.79. The topological polar surface area (TPSA) is 57.5 Å². The van der Waals surface area contributed by atoms with Crippen molar-refractivity contribution in [3.8, 4) is 11.5 Å². The SMILES string of the molecule is Cc1c(O)cc(O)cc1[C]=O. The molecule has 1 radical (unpaired) electrons. The fourth-order valence-electron chi connectivity index (χ4n) is 0.790. The third-order valence-corrected chi connectivity index (χ3v) is 1.47. The van der Waals surface area contributed by atoms with Crippen LogP contribution in [0.4, 0.5) is 0 Å². The molecule has 0 heterocycles. The van der Waals surface area contributed by atoms with Gasteiger partial charge in [-0.25, -0.2) is 0 Å². The van der Waals surface area contributed by atoms with Gasteiger partial charge in [0.2, 0.25) is 6.29 Å². The molecule has 0 unspecified atom stereocenters. The fourth-order valence-corrected chi connectivity index (χ4v) is 0.790. The zero-order chi connectivity index (χ0) is 8.43. The van der Waals surface area contributed by atoms with Crippen molar-refractivity contribution in [2.75, 3.05) is 0 Å². The van der Waals surface area contributed by atoms with Crippen LogP contribution in [0.1, 0.15) is 11.1 Å². The summed E-state index contributed by atoms with van der Waals surface area (Å²) in [6.45, 7) is 1.58. The minimum Gasteiger partial charge on any atom is -0.508 e. The summed E-state index contributed by atoms with van der Waals surface area (Å²) in [6.07, 6.45) is 1.61. The quantitative estimate of drug-likeness (QED) is 0.626. The first-order chi connectivity index (χ1) is 5.15. The van der Waals surface area contributed by atoms with Gasteiger partial charge in [-0.3, -0.25) is 4.79 Å². The van der Waals surface area contributed by atoms with Crippen LogP contribution in [-0.2, 0) is 4.79 Å². The number of benzene rings is 1. The molecule has 0 aromatic heterocycles. The highest BCUT2D eigenvalue weighted by atomic mass is 16.3. The molecule has 11 heavy (non-hydrogen) atoms. The zero-order valence-corrected chi connectivity index (χ0v) is 5.96. The van der Waals surface area contributed by atoms with Crippen molar-refractivity contribution < 1.29 is 15.0 Å². The maximum absolute atomic E-state index is 10.2. The third kappa shape index (κ3) is 1.32. The standard InChI is InChI=1S/C8H7O3/c1-5-6(4-9)2-7(10)3-8(5)11/h2-3,10-11H,1H3. The van der Waals surface area contributed by atoms with E-state index in [1.165, 1.54) is 12.1 Å². The van der Waals surface area contributed by atoms with Crippen molar-refractivity contribution in [2.45, 2.75) is 6.92 Å². The molecule has 3 nitrogen and oxygen atoms in total. The van der Waals surface area contributed by atoms with E-state index in [-0.39, 0.29) is 17.1 Å². The van der Waals surface area contributed by atoms with Crippen molar-refractivity contribution in [1.82, 2.24) is 0 Å². The normalized spacial score (nSPS) is 9.55. The van der Waals surface area contributed by atoms with Crippen molar-refractivity contribution in [3.63, 3.8) is 0 Å². The number of carbonyl (C=O) groups excluding carboxylic acids is 1. The molecule has 0 bridgehead atoms. The van der Waals surface area contributed by atoms with Crippen LogP contribution in [0.3, 0.4) is 0 Å². The van der Waals surface area contributed by atoms with Crippen LogP contribution in [-0.4, -0.2) is 16.5 Å². The first kappa shape index (κ1) is 7.60. The maximum Gasteiger partial charge on any atom is 0.234 e. The smallest absolute Gasteiger partial charge is 0.234 e. The Balaban J connectivity index is 3.35. The van der Waals surface area contributed by atoms with Gasteiger partial charge in [-0.1, -0.05) is 0 Å². The highest BCUT2D eigenvalue weighted by Gasteiger charge is 2.04. The molecule has 0 amide bonds. The monoisotopic (exact) mass is 151 g/mol. The molecular formula is C8H7O3. The molecule has 0 saturated carbocycles. The van der Waals surface area contributed by atoms with E-state index in [2.05, 4.69) is 0 Å². The van der Waals surface area contributed by atoms with Crippen LogP contribution in [0, 0.1) is 6.92 Å². The number of aromatic hydroxyl groups is 2. The lowest BCUT2D eigenvalue weighted by molar-refractivity contribution is 0.447. The van der Waals surface area contributed by atoms with Crippen molar-refractivity contribution in [2.24, 2.45) is 0 Å². The molecule has 0 fully saturated rings. The number of phenolic OH excluding ortho intramolecular Hbond substituents is 2. The Bertz CT molecular complexity index is 292. The minimum absolute atomic E-state index is 0.0941. The van der Waals surface area contributed by atoms with Crippen LogP contribution in [0.2, 0.25) is 0 Å². The molecule has 0 aliphatic rings.